The normalized spacial score (nSPS) is 18.8. The third-order valence-electron chi connectivity index (χ3n) is 4.01. The zero-order chi connectivity index (χ0) is 12.7. The Balaban J connectivity index is 2.07. The molecule has 1 aromatic heterocycles. The van der Waals surface area contributed by atoms with Gasteiger partial charge in [0.25, 0.3) is 0 Å². The first kappa shape index (κ1) is 11.3. The van der Waals surface area contributed by atoms with Crippen LogP contribution < -0.4 is 0 Å². The van der Waals surface area contributed by atoms with Crippen LogP contribution in [0.3, 0.4) is 0 Å². The Morgan fingerprint density at radius 2 is 2.33 bits per heavy atom. The molecule has 2 aromatic rings. The number of nitrogens with one attached hydrogen (secondary N) is 1. The molecular weight excluding hydrogens is 226 g/mol. The third-order valence-corrected chi connectivity index (χ3v) is 4.01. The second-order valence-corrected chi connectivity index (χ2v) is 5.09. The summed E-state index contributed by atoms with van der Waals surface area (Å²) in [5, 5.41) is 10.4. The van der Waals surface area contributed by atoms with E-state index in [1.54, 1.807) is 0 Å². The molecule has 1 heterocycles. The maximum atomic E-state index is 11.1. The summed E-state index contributed by atoms with van der Waals surface area (Å²) >= 11 is 0. The van der Waals surface area contributed by atoms with Gasteiger partial charge in [-0.15, -0.1) is 0 Å². The number of aromatic nitrogens is 1. The highest BCUT2D eigenvalue weighted by atomic mass is 16.4. The van der Waals surface area contributed by atoms with Crippen molar-refractivity contribution in [1.82, 2.24) is 4.98 Å². The van der Waals surface area contributed by atoms with Gasteiger partial charge in [0, 0.05) is 23.0 Å². The Morgan fingerprint density at radius 1 is 1.50 bits per heavy atom. The van der Waals surface area contributed by atoms with Gasteiger partial charge in [-0.05, 0) is 42.5 Å². The van der Waals surface area contributed by atoms with Crippen molar-refractivity contribution in [3.8, 4) is 0 Å². The number of H-pyrrole nitrogens is 1. The average Bonchev–Trinajstić information content (AvgIpc) is 2.75. The Labute approximate surface area is 106 Å². The minimum absolute atomic E-state index is 0.226. The lowest BCUT2D eigenvalue weighted by Gasteiger charge is -2.18. The van der Waals surface area contributed by atoms with Crippen molar-refractivity contribution in [3.63, 3.8) is 0 Å². The molecular formula is C15H17NO2. The van der Waals surface area contributed by atoms with Crippen molar-refractivity contribution in [2.75, 3.05) is 0 Å². The molecule has 1 aliphatic rings. The minimum atomic E-state index is -0.673. The van der Waals surface area contributed by atoms with Gasteiger partial charge in [-0.1, -0.05) is 13.0 Å². The van der Waals surface area contributed by atoms with Crippen LogP contribution in [-0.2, 0) is 24.1 Å². The molecule has 1 atom stereocenters. The number of fused-ring (bicyclic) bond motifs is 3. The lowest BCUT2D eigenvalue weighted by atomic mass is 9.87. The lowest BCUT2D eigenvalue weighted by Crippen LogP contribution is -2.21. The standard InChI is InChI=1S/C15H17NO2/c1-2-9-3-6-13-12(7-9)11-5-4-10(15(17)18)8-14(11)16-13/h3,6-7,10,16H,2,4-5,8H2,1H3,(H,17,18). The second kappa shape index (κ2) is 4.16. The molecule has 2 N–H and O–H groups in total. The van der Waals surface area contributed by atoms with E-state index >= 15 is 0 Å². The van der Waals surface area contributed by atoms with E-state index in [1.165, 1.54) is 16.5 Å². The number of carboxylic acids is 1. The fourth-order valence-electron chi connectivity index (χ4n) is 2.91. The van der Waals surface area contributed by atoms with E-state index in [9.17, 15) is 4.79 Å². The number of rotatable bonds is 2. The molecule has 1 unspecified atom stereocenters. The molecule has 1 aliphatic carbocycles. The summed E-state index contributed by atoms with van der Waals surface area (Å²) in [7, 11) is 0. The molecule has 0 bridgehead atoms. The highest BCUT2D eigenvalue weighted by Gasteiger charge is 2.26. The Hall–Kier alpha value is -1.77. The molecule has 0 fully saturated rings. The van der Waals surface area contributed by atoms with E-state index in [4.69, 9.17) is 5.11 Å². The minimum Gasteiger partial charge on any atom is -0.481 e. The predicted molar refractivity (Wildman–Crippen MR) is 70.8 cm³/mol. The monoisotopic (exact) mass is 243 g/mol. The largest absolute Gasteiger partial charge is 0.481 e. The average molecular weight is 243 g/mol. The number of aryl methyl sites for hydroxylation is 2. The number of aliphatic carboxylic acids is 1. The van der Waals surface area contributed by atoms with Crippen LogP contribution in [0.15, 0.2) is 18.2 Å². The smallest absolute Gasteiger partial charge is 0.306 e. The van der Waals surface area contributed by atoms with E-state index in [2.05, 4.69) is 30.1 Å². The molecule has 0 aliphatic heterocycles. The fraction of sp³-hybridized carbons (Fsp3) is 0.400. The molecule has 3 nitrogen and oxygen atoms in total. The summed E-state index contributed by atoms with van der Waals surface area (Å²) in [5.74, 6) is -0.898. The molecule has 0 radical (unpaired) electrons. The van der Waals surface area contributed by atoms with Crippen LogP contribution in [0, 0.1) is 5.92 Å². The van der Waals surface area contributed by atoms with Crippen LogP contribution in [-0.4, -0.2) is 16.1 Å². The third kappa shape index (κ3) is 1.70. The Kier molecular flexibility index (Phi) is 2.62. The van der Waals surface area contributed by atoms with Crippen molar-refractivity contribution in [3.05, 3.63) is 35.0 Å². The van der Waals surface area contributed by atoms with Gasteiger partial charge in [-0.3, -0.25) is 4.79 Å². The van der Waals surface area contributed by atoms with Crippen LogP contribution in [0.1, 0.15) is 30.2 Å². The van der Waals surface area contributed by atoms with E-state index < -0.39 is 5.97 Å². The van der Waals surface area contributed by atoms with Crippen molar-refractivity contribution >= 4 is 16.9 Å². The molecule has 0 saturated heterocycles. The number of carbonyl (C=O) groups is 1. The van der Waals surface area contributed by atoms with Crippen LogP contribution >= 0.6 is 0 Å². The van der Waals surface area contributed by atoms with Crippen molar-refractivity contribution < 1.29 is 9.90 Å². The summed E-state index contributed by atoms with van der Waals surface area (Å²) in [6.45, 7) is 2.15. The fourth-order valence-corrected chi connectivity index (χ4v) is 2.91. The molecule has 18 heavy (non-hydrogen) atoms. The first-order valence-corrected chi connectivity index (χ1v) is 6.54. The SMILES string of the molecule is CCc1ccc2[nH]c3c(c2c1)CCC(C(=O)O)C3. The molecule has 3 heteroatoms. The molecule has 0 saturated carbocycles. The van der Waals surface area contributed by atoms with Gasteiger partial charge in [-0.2, -0.15) is 0 Å². The molecule has 94 valence electrons. The Bertz CT molecular complexity index is 612. The summed E-state index contributed by atoms with van der Waals surface area (Å²) in [6.07, 6.45) is 3.31. The van der Waals surface area contributed by atoms with Gasteiger partial charge in [0.2, 0.25) is 0 Å². The van der Waals surface area contributed by atoms with Gasteiger partial charge < -0.3 is 10.1 Å². The summed E-state index contributed by atoms with van der Waals surface area (Å²) < 4.78 is 0. The van der Waals surface area contributed by atoms with Crippen LogP contribution in [0.25, 0.3) is 10.9 Å². The van der Waals surface area contributed by atoms with E-state index in [0.717, 1.165) is 30.5 Å². The molecule has 0 amide bonds. The number of hydrogen-bond donors (Lipinski definition) is 2. The highest BCUT2D eigenvalue weighted by molar-refractivity contribution is 5.86. The number of carboxylic acid groups (broad SMARTS) is 1. The summed E-state index contributed by atoms with van der Waals surface area (Å²) in [5.41, 5.74) is 4.93. The van der Waals surface area contributed by atoms with E-state index in [1.807, 2.05) is 0 Å². The van der Waals surface area contributed by atoms with Crippen molar-refractivity contribution in [2.24, 2.45) is 5.92 Å². The van der Waals surface area contributed by atoms with Crippen LogP contribution in [0.5, 0.6) is 0 Å². The lowest BCUT2D eigenvalue weighted by molar-refractivity contribution is -0.142. The Morgan fingerprint density at radius 3 is 3.06 bits per heavy atom. The summed E-state index contributed by atoms with van der Waals surface area (Å²) in [4.78, 5) is 14.5. The van der Waals surface area contributed by atoms with Gasteiger partial charge in [-0.25, -0.2) is 0 Å². The van der Waals surface area contributed by atoms with Gasteiger partial charge in [0.15, 0.2) is 0 Å². The maximum absolute atomic E-state index is 11.1. The molecule has 3 rings (SSSR count). The van der Waals surface area contributed by atoms with Crippen molar-refractivity contribution in [1.29, 1.82) is 0 Å². The highest BCUT2D eigenvalue weighted by Crippen LogP contribution is 2.32. The van der Waals surface area contributed by atoms with Gasteiger partial charge in [0.1, 0.15) is 0 Å². The van der Waals surface area contributed by atoms with E-state index in [0.29, 0.717) is 6.42 Å². The zero-order valence-corrected chi connectivity index (χ0v) is 10.5. The van der Waals surface area contributed by atoms with E-state index in [-0.39, 0.29) is 5.92 Å². The zero-order valence-electron chi connectivity index (χ0n) is 10.5. The number of benzene rings is 1. The first-order valence-electron chi connectivity index (χ1n) is 6.54. The quantitative estimate of drug-likeness (QED) is 0.852. The van der Waals surface area contributed by atoms with Crippen molar-refractivity contribution in [2.45, 2.75) is 32.6 Å². The topological polar surface area (TPSA) is 53.1 Å². The van der Waals surface area contributed by atoms with Gasteiger partial charge in [0.05, 0.1) is 5.92 Å². The predicted octanol–water partition coefficient (Wildman–Crippen LogP) is 2.92. The van der Waals surface area contributed by atoms with Crippen LogP contribution in [0.4, 0.5) is 0 Å². The summed E-state index contributed by atoms with van der Waals surface area (Å²) in [6, 6.07) is 6.49. The molecule has 0 spiro atoms. The van der Waals surface area contributed by atoms with Crippen LogP contribution in [0.2, 0.25) is 0 Å². The van der Waals surface area contributed by atoms with Gasteiger partial charge >= 0.3 is 5.97 Å². The maximum Gasteiger partial charge on any atom is 0.306 e. The number of aromatic amines is 1. The second-order valence-electron chi connectivity index (χ2n) is 5.09. The molecule has 1 aromatic carbocycles. The number of hydrogen-bond acceptors (Lipinski definition) is 1. The first-order chi connectivity index (χ1) is 8.69.